The Labute approximate surface area is 442 Å². The molecule has 0 heterocycles. The lowest BCUT2D eigenvalue weighted by atomic mass is 9.76. The van der Waals surface area contributed by atoms with E-state index in [1.165, 1.54) is 34.0 Å². The van der Waals surface area contributed by atoms with Gasteiger partial charge in [0.2, 0.25) is 0 Å². The highest BCUT2D eigenvalue weighted by molar-refractivity contribution is 6.17. The Bertz CT molecular complexity index is 4040. The van der Waals surface area contributed by atoms with Gasteiger partial charge < -0.3 is 9.80 Å². The smallest absolute Gasteiger partial charge is 0.123 e. The molecule has 0 saturated heterocycles. The summed E-state index contributed by atoms with van der Waals surface area (Å²) in [6.45, 7) is 9.27. The molecule has 0 bridgehead atoms. The van der Waals surface area contributed by atoms with E-state index in [9.17, 15) is 0 Å². The lowest BCUT2D eigenvalue weighted by Crippen LogP contribution is -2.17. The SMILES string of the molecule is CC1(C)c2cc(N(c3ccccc3)c3cccc4ccccc34)ccc2-c2c1cc1c(-c3cccc(F)c3)c3c(cc1c2-c1cccc(F)c1)C(C)(C)c1cc(N(c2ccccc2)c2cccc4ccccc24)ccc1-3. The summed E-state index contributed by atoms with van der Waals surface area (Å²) in [4.78, 5) is 4.73. The van der Waals surface area contributed by atoms with Crippen molar-refractivity contribution < 1.29 is 8.78 Å². The van der Waals surface area contributed by atoms with Crippen LogP contribution in [0.4, 0.5) is 42.9 Å². The van der Waals surface area contributed by atoms with Gasteiger partial charge in [-0.05, 0) is 185 Å². The van der Waals surface area contributed by atoms with E-state index >= 15 is 8.78 Å². The van der Waals surface area contributed by atoms with E-state index < -0.39 is 10.8 Å². The first-order valence-corrected chi connectivity index (χ1v) is 26.2. The molecule has 0 amide bonds. The second-order valence-electron chi connectivity index (χ2n) is 21.5. The Morgan fingerprint density at radius 1 is 0.289 bits per heavy atom. The number of halogens is 2. The second kappa shape index (κ2) is 17.2. The maximum Gasteiger partial charge on any atom is 0.123 e. The molecule has 0 radical (unpaired) electrons. The summed E-state index contributed by atoms with van der Waals surface area (Å²) in [6.07, 6.45) is 0. The van der Waals surface area contributed by atoms with Crippen LogP contribution in [0.5, 0.6) is 0 Å². The van der Waals surface area contributed by atoms with Gasteiger partial charge in [-0.25, -0.2) is 8.78 Å². The van der Waals surface area contributed by atoms with Gasteiger partial charge in [0.05, 0.1) is 11.4 Å². The van der Waals surface area contributed by atoms with Crippen LogP contribution >= 0.6 is 0 Å². The topological polar surface area (TPSA) is 6.48 Å². The van der Waals surface area contributed by atoms with Gasteiger partial charge in [0.1, 0.15) is 11.6 Å². The molecule has 0 spiro atoms. The van der Waals surface area contributed by atoms with Gasteiger partial charge in [-0.1, -0.05) is 173 Å². The molecule has 0 unspecified atom stereocenters. The van der Waals surface area contributed by atoms with Gasteiger partial charge in [0, 0.05) is 44.4 Å². The van der Waals surface area contributed by atoms with E-state index in [4.69, 9.17) is 0 Å². The molecular weight excluding hydrogens is 931 g/mol. The van der Waals surface area contributed by atoms with Crippen molar-refractivity contribution in [3.63, 3.8) is 0 Å². The van der Waals surface area contributed by atoms with Gasteiger partial charge in [-0.3, -0.25) is 0 Å². The molecule has 2 nitrogen and oxygen atoms in total. The normalized spacial score (nSPS) is 13.6. The Morgan fingerprint density at radius 2 is 0.671 bits per heavy atom. The Hall–Kier alpha value is -9.12. The number of benzene rings is 12. The quantitative estimate of drug-likeness (QED) is 0.150. The van der Waals surface area contributed by atoms with Crippen LogP contribution in [0.1, 0.15) is 49.9 Å². The van der Waals surface area contributed by atoms with Crippen molar-refractivity contribution in [2.24, 2.45) is 0 Å². The van der Waals surface area contributed by atoms with Crippen LogP contribution in [0.2, 0.25) is 0 Å². The predicted octanol–water partition coefficient (Wildman–Crippen LogP) is 20.3. The van der Waals surface area contributed by atoms with Crippen LogP contribution in [-0.4, -0.2) is 0 Å². The fraction of sp³-hybridized carbons (Fsp3) is 0.0833. The van der Waals surface area contributed by atoms with Gasteiger partial charge in [0.15, 0.2) is 0 Å². The minimum Gasteiger partial charge on any atom is -0.310 e. The minimum atomic E-state index is -0.509. The van der Waals surface area contributed by atoms with Gasteiger partial charge in [0.25, 0.3) is 0 Å². The molecule has 0 saturated carbocycles. The third-order valence-electron chi connectivity index (χ3n) is 16.5. The van der Waals surface area contributed by atoms with Crippen LogP contribution in [-0.2, 0) is 10.8 Å². The second-order valence-corrected chi connectivity index (χ2v) is 21.5. The van der Waals surface area contributed by atoms with Crippen LogP contribution < -0.4 is 9.80 Å². The number of hydrogen-bond donors (Lipinski definition) is 0. The number of rotatable bonds is 8. The van der Waals surface area contributed by atoms with E-state index in [1.54, 1.807) is 12.1 Å². The molecule has 12 aromatic rings. The first-order chi connectivity index (χ1) is 37.0. The van der Waals surface area contributed by atoms with Crippen molar-refractivity contribution in [2.75, 3.05) is 9.80 Å². The monoisotopic (exact) mass is 982 g/mol. The maximum absolute atomic E-state index is 15.9. The summed E-state index contributed by atoms with van der Waals surface area (Å²) in [5.74, 6) is -0.601. The zero-order valence-electron chi connectivity index (χ0n) is 42.7. The molecule has 14 rings (SSSR count). The van der Waals surface area contributed by atoms with Gasteiger partial charge in [-0.2, -0.15) is 0 Å². The highest BCUT2D eigenvalue weighted by Gasteiger charge is 2.43. The summed E-state index contributed by atoms with van der Waals surface area (Å²) in [5, 5.41) is 6.66. The summed E-state index contributed by atoms with van der Waals surface area (Å²) in [6, 6.07) is 84.0. The van der Waals surface area contributed by atoms with Crippen molar-refractivity contribution in [1.29, 1.82) is 0 Å². The molecule has 0 atom stereocenters. The average Bonchev–Trinajstić information content (AvgIpc) is 3.89. The highest BCUT2D eigenvalue weighted by Crippen LogP contribution is 2.61. The van der Waals surface area contributed by atoms with E-state index in [1.807, 2.05) is 24.3 Å². The zero-order valence-corrected chi connectivity index (χ0v) is 42.7. The van der Waals surface area contributed by atoms with Crippen LogP contribution in [0, 0.1) is 11.6 Å². The molecule has 364 valence electrons. The standard InChI is InChI=1S/C72H52F2N2/c1-71(2)61-41-53(75(51-27-7-5-8-28-51)65-33-17-21-45-19-11-13-31-55(45)65)35-37-57(61)69-63(71)43-59-60(67(69)47-23-15-25-49(73)39-47)44-64-70(68(59)48-24-16-26-50(74)40-48)58-38-36-54(42-62(58)72(64,3)4)76(52-29-9-6-10-30-52)66-34-18-22-46-20-12-14-32-56(46)66/h5-44H,1-4H3. The number of fused-ring (bicyclic) bond motifs is 9. The Kier molecular flexibility index (Phi) is 10.3. The highest BCUT2D eigenvalue weighted by atomic mass is 19.1. The van der Waals surface area contributed by atoms with Gasteiger partial charge >= 0.3 is 0 Å². The number of para-hydroxylation sites is 2. The lowest BCUT2D eigenvalue weighted by molar-refractivity contribution is 0.628. The average molecular weight is 983 g/mol. The molecule has 2 aliphatic carbocycles. The molecule has 12 aromatic carbocycles. The molecule has 0 aliphatic heterocycles. The largest absolute Gasteiger partial charge is 0.310 e. The maximum atomic E-state index is 15.9. The lowest BCUT2D eigenvalue weighted by Gasteiger charge is -2.29. The molecule has 76 heavy (non-hydrogen) atoms. The van der Waals surface area contributed by atoms with Crippen LogP contribution in [0.25, 0.3) is 76.8 Å². The first-order valence-electron chi connectivity index (χ1n) is 26.2. The molecule has 0 aromatic heterocycles. The summed E-state index contributed by atoms with van der Waals surface area (Å²) < 4.78 is 31.8. The number of hydrogen-bond acceptors (Lipinski definition) is 2. The minimum absolute atomic E-state index is 0.300. The van der Waals surface area contributed by atoms with Crippen molar-refractivity contribution in [3.8, 4) is 44.5 Å². The Balaban J connectivity index is 1.03. The molecule has 0 fully saturated rings. The third-order valence-corrected chi connectivity index (χ3v) is 16.5. The third kappa shape index (κ3) is 6.97. The fourth-order valence-electron chi connectivity index (χ4n) is 12.9. The summed E-state index contributed by atoms with van der Waals surface area (Å²) in [7, 11) is 0. The molecule has 4 heteroatoms. The molecule has 2 aliphatic rings. The predicted molar refractivity (Wildman–Crippen MR) is 314 cm³/mol. The van der Waals surface area contributed by atoms with Crippen LogP contribution in [0.15, 0.2) is 243 Å². The van der Waals surface area contributed by atoms with Crippen molar-refractivity contribution in [2.45, 2.75) is 38.5 Å². The van der Waals surface area contributed by atoms with Crippen molar-refractivity contribution >= 4 is 66.4 Å². The first kappa shape index (κ1) is 45.5. The van der Waals surface area contributed by atoms with E-state index in [0.29, 0.717) is 0 Å². The fourth-order valence-corrected chi connectivity index (χ4v) is 12.9. The van der Waals surface area contributed by atoms with E-state index in [0.717, 1.165) is 111 Å². The number of anilines is 6. The molecular formula is C72H52F2N2. The number of nitrogens with zero attached hydrogens (tertiary/aromatic N) is 2. The van der Waals surface area contributed by atoms with Crippen molar-refractivity contribution in [3.05, 3.63) is 277 Å². The zero-order chi connectivity index (χ0) is 51.5. The van der Waals surface area contributed by atoms with Crippen LogP contribution in [0.3, 0.4) is 0 Å². The van der Waals surface area contributed by atoms with E-state index in [-0.39, 0.29) is 11.6 Å². The Morgan fingerprint density at radius 3 is 1.09 bits per heavy atom. The molecule has 0 N–H and O–H groups in total. The summed E-state index contributed by atoms with van der Waals surface area (Å²) in [5.41, 5.74) is 18.0. The van der Waals surface area contributed by atoms with E-state index in [2.05, 4.69) is 232 Å². The van der Waals surface area contributed by atoms with Crippen molar-refractivity contribution in [1.82, 2.24) is 0 Å². The van der Waals surface area contributed by atoms with Gasteiger partial charge in [-0.15, -0.1) is 0 Å². The summed E-state index contributed by atoms with van der Waals surface area (Å²) >= 11 is 0.